The van der Waals surface area contributed by atoms with Gasteiger partial charge in [0.15, 0.2) is 0 Å². The van der Waals surface area contributed by atoms with Gasteiger partial charge in [0, 0.05) is 18.7 Å². The normalized spacial score (nSPS) is 14.0. The summed E-state index contributed by atoms with van der Waals surface area (Å²) in [6, 6.07) is 27.5. The molecule has 1 amide bonds. The Morgan fingerprint density at radius 2 is 1.47 bits per heavy atom. The van der Waals surface area contributed by atoms with Crippen LogP contribution in [0.3, 0.4) is 0 Å². The minimum Gasteiger partial charge on any atom is -0.390 e. The van der Waals surface area contributed by atoms with Crippen molar-refractivity contribution in [3.05, 3.63) is 102 Å². The SMILES string of the molecule is CC(C)CCN(C[C@@H](O)[C@H](Cc1ccccc1)NC(=O)c1ccccc1)S(=O)c1ccccc1. The molecule has 2 N–H and O–H groups in total. The van der Waals surface area contributed by atoms with E-state index in [-0.39, 0.29) is 12.5 Å². The Kier molecular flexibility index (Phi) is 10.0. The summed E-state index contributed by atoms with van der Waals surface area (Å²) in [5.41, 5.74) is 1.55. The van der Waals surface area contributed by atoms with Crippen molar-refractivity contribution >= 4 is 16.9 Å². The second kappa shape index (κ2) is 13.2. The molecule has 3 atom stereocenters. The number of nitrogens with one attached hydrogen (secondary N) is 1. The lowest BCUT2D eigenvalue weighted by Gasteiger charge is -2.30. The number of carbonyl (C=O) groups excluding carboxylic acids is 1. The van der Waals surface area contributed by atoms with Crippen LogP contribution in [-0.2, 0) is 17.4 Å². The largest absolute Gasteiger partial charge is 0.390 e. The summed E-state index contributed by atoms with van der Waals surface area (Å²) in [6.07, 6.45) is 0.411. The third kappa shape index (κ3) is 7.90. The predicted octanol–water partition coefficient (Wildman–Crippen LogP) is 4.46. The molecule has 0 aliphatic carbocycles. The van der Waals surface area contributed by atoms with Crippen molar-refractivity contribution in [2.75, 3.05) is 13.1 Å². The van der Waals surface area contributed by atoms with Gasteiger partial charge in [0.25, 0.3) is 5.91 Å². The van der Waals surface area contributed by atoms with Crippen LogP contribution in [0.2, 0.25) is 0 Å². The Bertz CT molecular complexity index is 1030. The van der Waals surface area contributed by atoms with Gasteiger partial charge in [0.2, 0.25) is 0 Å². The fraction of sp³-hybridized carbons (Fsp3) is 0.321. The van der Waals surface area contributed by atoms with Crippen molar-refractivity contribution in [2.24, 2.45) is 5.92 Å². The minimum atomic E-state index is -1.41. The maximum absolute atomic E-state index is 13.4. The van der Waals surface area contributed by atoms with Gasteiger partial charge in [-0.1, -0.05) is 80.6 Å². The monoisotopic (exact) mass is 478 g/mol. The summed E-state index contributed by atoms with van der Waals surface area (Å²) in [4.78, 5) is 13.6. The molecule has 0 saturated carbocycles. The van der Waals surface area contributed by atoms with E-state index in [1.54, 1.807) is 12.1 Å². The van der Waals surface area contributed by atoms with Gasteiger partial charge in [-0.2, -0.15) is 0 Å². The average Bonchev–Trinajstić information content (AvgIpc) is 2.87. The van der Waals surface area contributed by atoms with E-state index < -0.39 is 23.1 Å². The molecule has 6 heteroatoms. The Labute approximate surface area is 205 Å². The fourth-order valence-corrected chi connectivity index (χ4v) is 4.91. The maximum Gasteiger partial charge on any atom is 0.251 e. The van der Waals surface area contributed by atoms with Crippen LogP contribution in [-0.4, -0.2) is 44.8 Å². The van der Waals surface area contributed by atoms with Crippen LogP contribution in [0.4, 0.5) is 0 Å². The summed E-state index contributed by atoms with van der Waals surface area (Å²) in [6.45, 7) is 5.01. The summed E-state index contributed by atoms with van der Waals surface area (Å²) < 4.78 is 15.2. The molecule has 5 nitrogen and oxygen atoms in total. The second-order valence-electron chi connectivity index (χ2n) is 8.84. The highest BCUT2D eigenvalue weighted by Crippen LogP contribution is 2.16. The lowest BCUT2D eigenvalue weighted by atomic mass is 10.00. The number of aliphatic hydroxyl groups is 1. The molecule has 3 aromatic carbocycles. The lowest BCUT2D eigenvalue weighted by Crippen LogP contribution is -2.50. The smallest absolute Gasteiger partial charge is 0.251 e. The molecule has 3 aromatic rings. The third-order valence-electron chi connectivity index (χ3n) is 5.64. The Morgan fingerprint density at radius 1 is 0.912 bits per heavy atom. The molecular formula is C28H34N2O3S. The van der Waals surface area contributed by atoms with Gasteiger partial charge in [-0.15, -0.1) is 0 Å². The van der Waals surface area contributed by atoms with Crippen LogP contribution in [0.1, 0.15) is 36.2 Å². The molecule has 180 valence electrons. The third-order valence-corrected chi connectivity index (χ3v) is 7.12. The van der Waals surface area contributed by atoms with E-state index in [1.165, 1.54) is 0 Å². The molecule has 3 rings (SSSR count). The summed E-state index contributed by atoms with van der Waals surface area (Å²) in [7, 11) is -1.41. The Morgan fingerprint density at radius 3 is 2.06 bits per heavy atom. The number of amides is 1. The first kappa shape index (κ1) is 25.8. The maximum atomic E-state index is 13.4. The van der Waals surface area contributed by atoms with Crippen molar-refractivity contribution in [1.82, 2.24) is 9.62 Å². The van der Waals surface area contributed by atoms with Gasteiger partial charge in [0.1, 0.15) is 11.0 Å². The average molecular weight is 479 g/mol. The zero-order valence-corrected chi connectivity index (χ0v) is 20.7. The quantitative estimate of drug-likeness (QED) is 0.404. The van der Waals surface area contributed by atoms with Crippen LogP contribution < -0.4 is 5.32 Å². The molecule has 0 radical (unpaired) electrons. The lowest BCUT2D eigenvalue weighted by molar-refractivity contribution is 0.0784. The number of nitrogens with zero attached hydrogens (tertiary/aromatic N) is 1. The van der Waals surface area contributed by atoms with Gasteiger partial charge in [-0.25, -0.2) is 8.51 Å². The van der Waals surface area contributed by atoms with Crippen molar-refractivity contribution in [2.45, 2.75) is 43.7 Å². The van der Waals surface area contributed by atoms with Crippen molar-refractivity contribution < 1.29 is 14.1 Å². The van der Waals surface area contributed by atoms with E-state index in [1.807, 2.05) is 83.2 Å². The number of carbonyl (C=O) groups is 1. The Hall–Kier alpha value is -2.80. The first-order chi connectivity index (χ1) is 16.4. The van der Waals surface area contributed by atoms with Crippen LogP contribution >= 0.6 is 0 Å². The summed E-state index contributed by atoms with van der Waals surface area (Å²) in [5.74, 6) is 0.198. The summed E-state index contributed by atoms with van der Waals surface area (Å²) in [5, 5.41) is 14.3. The topological polar surface area (TPSA) is 69.6 Å². The van der Waals surface area contributed by atoms with Crippen LogP contribution in [0.5, 0.6) is 0 Å². The minimum absolute atomic E-state index is 0.181. The number of hydrogen-bond acceptors (Lipinski definition) is 3. The zero-order valence-electron chi connectivity index (χ0n) is 19.8. The highest BCUT2D eigenvalue weighted by molar-refractivity contribution is 7.82. The standard InChI is InChI=1S/C28H34N2O3S/c1-22(2)18-19-30(34(33)25-16-10-5-11-17-25)21-27(31)26(20-23-12-6-3-7-13-23)29-28(32)24-14-8-4-9-15-24/h3-17,22,26-27,31H,18-21H2,1-2H3,(H,29,32)/t26-,27+,34?/m0/s1. The number of hydrogen-bond donors (Lipinski definition) is 2. The molecule has 0 heterocycles. The Balaban J connectivity index is 1.80. The van der Waals surface area contributed by atoms with Gasteiger partial charge in [-0.05, 0) is 48.6 Å². The highest BCUT2D eigenvalue weighted by Gasteiger charge is 2.27. The van der Waals surface area contributed by atoms with Gasteiger partial charge in [0.05, 0.1) is 17.0 Å². The van der Waals surface area contributed by atoms with Crippen LogP contribution in [0, 0.1) is 5.92 Å². The first-order valence-corrected chi connectivity index (χ1v) is 12.8. The molecule has 1 unspecified atom stereocenters. The molecule has 0 saturated heterocycles. The zero-order chi connectivity index (χ0) is 24.3. The molecule has 34 heavy (non-hydrogen) atoms. The van der Waals surface area contributed by atoms with Gasteiger partial charge in [-0.3, -0.25) is 4.79 Å². The van der Waals surface area contributed by atoms with Crippen LogP contribution in [0.15, 0.2) is 95.9 Å². The van der Waals surface area contributed by atoms with E-state index in [0.717, 1.165) is 12.0 Å². The molecule has 0 aliphatic rings. The fourth-order valence-electron chi connectivity index (χ4n) is 3.66. The van der Waals surface area contributed by atoms with Gasteiger partial charge < -0.3 is 10.4 Å². The highest BCUT2D eigenvalue weighted by atomic mass is 32.2. The number of rotatable bonds is 12. The van der Waals surface area contributed by atoms with E-state index in [2.05, 4.69) is 19.2 Å². The van der Waals surface area contributed by atoms with E-state index in [0.29, 0.717) is 29.3 Å². The van der Waals surface area contributed by atoms with Gasteiger partial charge >= 0.3 is 0 Å². The number of aliphatic hydroxyl groups excluding tert-OH is 1. The molecule has 0 fully saturated rings. The molecule has 0 aliphatic heterocycles. The van der Waals surface area contributed by atoms with Crippen LogP contribution in [0.25, 0.3) is 0 Å². The molecule has 0 spiro atoms. The van der Waals surface area contributed by atoms with Crippen molar-refractivity contribution in [1.29, 1.82) is 0 Å². The van der Waals surface area contributed by atoms with E-state index >= 15 is 0 Å². The molecule has 0 aromatic heterocycles. The predicted molar refractivity (Wildman–Crippen MR) is 138 cm³/mol. The summed E-state index contributed by atoms with van der Waals surface area (Å²) >= 11 is 0. The molecular weight excluding hydrogens is 444 g/mol. The second-order valence-corrected chi connectivity index (χ2v) is 10.3. The van der Waals surface area contributed by atoms with Crippen molar-refractivity contribution in [3.8, 4) is 0 Å². The first-order valence-electron chi connectivity index (χ1n) is 11.7. The van der Waals surface area contributed by atoms with E-state index in [9.17, 15) is 14.1 Å². The number of benzene rings is 3. The van der Waals surface area contributed by atoms with E-state index in [4.69, 9.17) is 0 Å². The molecule has 0 bridgehead atoms. The van der Waals surface area contributed by atoms with Crippen molar-refractivity contribution in [3.63, 3.8) is 0 Å².